The van der Waals surface area contributed by atoms with Crippen LogP contribution in [0.4, 0.5) is 0 Å². The number of hydrogen-bond acceptors (Lipinski definition) is 10. The number of carbonyl (C=O) groups excluding carboxylic acids is 2. The molecule has 1 saturated heterocycles. The SMILES string of the molecule is CC/C=C\C/C=C\C/C=C\C/C=C\C/C=C\CCCC(=O)OC[C@H](COP(=O)(O)OC[C@H](N)C(=O)O)OC(=O)CCCCCCCC1OC1C/C=C\CCCCC. The minimum atomic E-state index is -4.74. The maximum Gasteiger partial charge on any atom is 0.472 e. The van der Waals surface area contributed by atoms with Gasteiger partial charge in [-0.1, -0.05) is 125 Å². The van der Waals surface area contributed by atoms with Crippen LogP contribution in [0.25, 0.3) is 0 Å². The Morgan fingerprint density at radius 1 is 0.667 bits per heavy atom. The van der Waals surface area contributed by atoms with E-state index in [1.165, 1.54) is 19.3 Å². The number of hydrogen-bond donors (Lipinski definition) is 3. The summed E-state index contributed by atoms with van der Waals surface area (Å²) in [5.41, 5.74) is 5.33. The van der Waals surface area contributed by atoms with Gasteiger partial charge in [-0.25, -0.2) is 4.57 Å². The van der Waals surface area contributed by atoms with Crippen molar-refractivity contribution in [3.8, 4) is 0 Å². The Morgan fingerprint density at radius 2 is 1.23 bits per heavy atom. The minimum Gasteiger partial charge on any atom is -0.480 e. The van der Waals surface area contributed by atoms with E-state index in [0.29, 0.717) is 31.5 Å². The Morgan fingerprint density at radius 3 is 1.88 bits per heavy atom. The number of epoxide rings is 1. The third kappa shape index (κ3) is 32.5. The second-order valence-corrected chi connectivity index (χ2v) is 15.6. The Balaban J connectivity index is 2.36. The van der Waals surface area contributed by atoms with Gasteiger partial charge in [-0.3, -0.25) is 23.4 Å². The van der Waals surface area contributed by atoms with Crippen molar-refractivity contribution in [2.45, 2.75) is 167 Å². The van der Waals surface area contributed by atoms with E-state index in [1.54, 1.807) is 0 Å². The average Bonchev–Trinajstić information content (AvgIpc) is 3.94. The zero-order valence-corrected chi connectivity index (χ0v) is 35.5. The summed E-state index contributed by atoms with van der Waals surface area (Å²) in [6.45, 7) is 2.55. The lowest BCUT2D eigenvalue weighted by atomic mass is 10.1. The monoisotopic (exact) mass is 821 g/mol. The number of carbonyl (C=O) groups is 3. The van der Waals surface area contributed by atoms with Gasteiger partial charge in [-0.2, -0.15) is 0 Å². The van der Waals surface area contributed by atoms with Gasteiger partial charge in [0.15, 0.2) is 6.10 Å². The molecule has 4 N–H and O–H groups in total. The number of carboxylic acid groups (broad SMARTS) is 1. The average molecular weight is 822 g/mol. The van der Waals surface area contributed by atoms with Crippen LogP contribution in [0.2, 0.25) is 0 Å². The molecule has 0 spiro atoms. The molecule has 0 bridgehead atoms. The molecule has 0 aromatic heterocycles. The maximum absolute atomic E-state index is 12.6. The number of phosphoric acid groups is 1. The second-order valence-electron chi connectivity index (χ2n) is 14.1. The molecule has 1 aliphatic rings. The number of phosphoric ester groups is 1. The maximum atomic E-state index is 12.6. The van der Waals surface area contributed by atoms with Crippen LogP contribution in [0.1, 0.15) is 142 Å². The van der Waals surface area contributed by atoms with Gasteiger partial charge in [0, 0.05) is 12.8 Å². The Hall–Kier alpha value is -3.12. The van der Waals surface area contributed by atoms with Crippen LogP contribution in [0.5, 0.6) is 0 Å². The van der Waals surface area contributed by atoms with Crippen LogP contribution in [0.15, 0.2) is 72.9 Å². The van der Waals surface area contributed by atoms with Crippen LogP contribution < -0.4 is 5.73 Å². The van der Waals surface area contributed by atoms with Crippen molar-refractivity contribution in [1.82, 2.24) is 0 Å². The molecule has 0 aromatic carbocycles. The molecule has 1 aliphatic heterocycles. The topological polar surface area (TPSA) is 184 Å². The van der Waals surface area contributed by atoms with Crippen LogP contribution in [0, 0.1) is 0 Å². The number of rotatable bonds is 37. The molecule has 57 heavy (non-hydrogen) atoms. The van der Waals surface area contributed by atoms with Crippen molar-refractivity contribution in [1.29, 1.82) is 0 Å². The molecule has 3 unspecified atom stereocenters. The smallest absolute Gasteiger partial charge is 0.472 e. The van der Waals surface area contributed by atoms with Gasteiger partial charge in [0.1, 0.15) is 12.6 Å². The summed E-state index contributed by atoms with van der Waals surface area (Å²) >= 11 is 0. The molecule has 0 radical (unpaired) electrons. The van der Waals surface area contributed by atoms with E-state index < -0.39 is 51.1 Å². The zero-order valence-electron chi connectivity index (χ0n) is 34.6. The van der Waals surface area contributed by atoms with Crippen LogP contribution in [-0.2, 0) is 42.2 Å². The summed E-state index contributed by atoms with van der Waals surface area (Å²) in [5, 5.41) is 8.89. The van der Waals surface area contributed by atoms with Gasteiger partial charge in [-0.15, -0.1) is 0 Å². The lowest BCUT2D eigenvalue weighted by Gasteiger charge is -2.20. The lowest BCUT2D eigenvalue weighted by molar-refractivity contribution is -0.161. The van der Waals surface area contributed by atoms with Gasteiger partial charge in [0.05, 0.1) is 25.4 Å². The van der Waals surface area contributed by atoms with Crippen molar-refractivity contribution in [3.05, 3.63) is 72.9 Å². The molecule has 1 heterocycles. The fourth-order valence-electron chi connectivity index (χ4n) is 5.46. The molecule has 13 heteroatoms. The van der Waals surface area contributed by atoms with Crippen LogP contribution in [0.3, 0.4) is 0 Å². The van der Waals surface area contributed by atoms with E-state index in [0.717, 1.165) is 77.0 Å². The third-order valence-corrected chi connectivity index (χ3v) is 9.81. The quantitative estimate of drug-likeness (QED) is 0.0177. The summed E-state index contributed by atoms with van der Waals surface area (Å²) in [4.78, 5) is 46.0. The molecule has 324 valence electrons. The molecular weight excluding hydrogens is 749 g/mol. The number of allylic oxidation sites excluding steroid dienone is 11. The molecule has 1 rings (SSSR count). The Labute approximate surface area is 342 Å². The summed E-state index contributed by atoms with van der Waals surface area (Å²) in [7, 11) is -4.74. The highest BCUT2D eigenvalue weighted by molar-refractivity contribution is 7.47. The number of aliphatic carboxylic acids is 1. The van der Waals surface area contributed by atoms with Crippen molar-refractivity contribution < 1.29 is 52.2 Å². The number of ether oxygens (including phenoxy) is 3. The second kappa shape index (κ2) is 34.9. The van der Waals surface area contributed by atoms with E-state index in [4.69, 9.17) is 29.6 Å². The number of nitrogens with two attached hydrogens (primary N) is 1. The number of esters is 2. The largest absolute Gasteiger partial charge is 0.480 e. The fraction of sp³-hybridized carbons (Fsp3) is 0.659. The zero-order chi connectivity index (χ0) is 41.8. The fourth-order valence-corrected chi connectivity index (χ4v) is 6.24. The minimum absolute atomic E-state index is 0.122. The van der Waals surface area contributed by atoms with Crippen molar-refractivity contribution in [3.63, 3.8) is 0 Å². The molecule has 1 fully saturated rings. The normalized spacial score (nSPS) is 18.0. The summed E-state index contributed by atoms with van der Waals surface area (Å²) in [5.74, 6) is -2.49. The number of carboxylic acids is 1. The van der Waals surface area contributed by atoms with E-state index in [9.17, 15) is 23.8 Å². The van der Waals surface area contributed by atoms with Gasteiger partial charge in [0.2, 0.25) is 0 Å². The molecule has 0 amide bonds. The first-order valence-electron chi connectivity index (χ1n) is 21.1. The van der Waals surface area contributed by atoms with E-state index in [-0.39, 0.29) is 19.4 Å². The molecular formula is C44H72NO11P. The third-order valence-electron chi connectivity index (χ3n) is 8.86. The summed E-state index contributed by atoms with van der Waals surface area (Å²) in [6, 6.07) is -1.54. The number of unbranched alkanes of at least 4 members (excludes halogenated alkanes) is 8. The van der Waals surface area contributed by atoms with Gasteiger partial charge in [0.25, 0.3) is 0 Å². The first-order valence-corrected chi connectivity index (χ1v) is 22.6. The van der Waals surface area contributed by atoms with E-state index in [2.05, 4.69) is 79.1 Å². The highest BCUT2D eigenvalue weighted by Gasteiger charge is 2.36. The molecule has 0 aromatic rings. The van der Waals surface area contributed by atoms with Gasteiger partial charge >= 0.3 is 25.7 Å². The Bertz CT molecular complexity index is 1310. The predicted octanol–water partition coefficient (Wildman–Crippen LogP) is 9.93. The van der Waals surface area contributed by atoms with Gasteiger partial charge in [-0.05, 0) is 77.0 Å². The van der Waals surface area contributed by atoms with E-state index >= 15 is 0 Å². The molecule has 5 atom stereocenters. The Kier molecular flexibility index (Phi) is 31.8. The molecule has 0 saturated carbocycles. The van der Waals surface area contributed by atoms with Crippen LogP contribution >= 0.6 is 7.82 Å². The van der Waals surface area contributed by atoms with Crippen LogP contribution in [-0.4, -0.2) is 72.1 Å². The predicted molar refractivity (Wildman–Crippen MR) is 225 cm³/mol. The molecule has 12 nitrogen and oxygen atoms in total. The lowest BCUT2D eigenvalue weighted by Crippen LogP contribution is -2.34. The summed E-state index contributed by atoms with van der Waals surface area (Å²) < 4.78 is 38.4. The summed E-state index contributed by atoms with van der Waals surface area (Å²) in [6.07, 6.45) is 42.8. The van der Waals surface area contributed by atoms with Gasteiger partial charge < -0.3 is 29.9 Å². The van der Waals surface area contributed by atoms with Crippen molar-refractivity contribution in [2.24, 2.45) is 5.73 Å². The first kappa shape index (κ1) is 51.9. The van der Waals surface area contributed by atoms with E-state index in [1.807, 2.05) is 12.2 Å². The highest BCUT2D eigenvalue weighted by Crippen LogP contribution is 2.43. The van der Waals surface area contributed by atoms with Crippen molar-refractivity contribution >= 4 is 25.7 Å². The first-order chi connectivity index (χ1) is 27.6. The standard InChI is InChI=1S/C44H72NO11P/c1-3-5-7-9-11-12-13-14-15-16-17-18-19-20-21-25-29-33-42(46)52-35-38(36-53-57(50,51)54-37-39(45)44(48)49)55-43(47)34-30-26-22-24-28-32-41-40(56-41)31-27-23-10-8-6-4-2/h5,7,11-12,14-15,17-18,20-21,23,27,38-41H,3-4,6,8-10,13,16,19,22,24-26,28-37,45H2,1-2H3,(H,48,49)(H,50,51)/b7-5-,12-11-,15-14-,18-17-,21-20-,27-23-/t38-,39+,40?,41?/m1/s1. The molecule has 0 aliphatic carbocycles. The van der Waals surface area contributed by atoms with Crippen molar-refractivity contribution in [2.75, 3.05) is 19.8 Å². The highest BCUT2D eigenvalue weighted by atomic mass is 31.2.